The van der Waals surface area contributed by atoms with Crippen LogP contribution in [0.1, 0.15) is 0 Å². The molecular formula is C24H16N6O10. The fourth-order valence-corrected chi connectivity index (χ4v) is 3.60. The maximum Gasteiger partial charge on any atom is 0.318 e. The number of nitrogens with zero attached hydrogens (tertiary/aromatic N) is 4. The van der Waals surface area contributed by atoms with Crippen LogP contribution in [-0.2, 0) is 0 Å². The molecule has 4 rings (SSSR count). The minimum Gasteiger partial charge on any atom is -0.450 e. The lowest BCUT2D eigenvalue weighted by molar-refractivity contribution is -0.394. The molecule has 0 amide bonds. The average Bonchev–Trinajstić information content (AvgIpc) is 2.92. The van der Waals surface area contributed by atoms with Crippen molar-refractivity contribution in [2.45, 2.75) is 0 Å². The van der Waals surface area contributed by atoms with Gasteiger partial charge < -0.3 is 20.9 Å². The summed E-state index contributed by atoms with van der Waals surface area (Å²) in [6.07, 6.45) is 0. The van der Waals surface area contributed by atoms with Gasteiger partial charge in [-0.15, -0.1) is 0 Å². The first-order valence-electron chi connectivity index (χ1n) is 11.0. The lowest BCUT2D eigenvalue weighted by Crippen LogP contribution is -2.02. The molecule has 0 fully saturated rings. The smallest absolute Gasteiger partial charge is 0.318 e. The van der Waals surface area contributed by atoms with E-state index in [9.17, 15) is 40.5 Å². The summed E-state index contributed by atoms with van der Waals surface area (Å²) in [4.78, 5) is 41.4. The van der Waals surface area contributed by atoms with Crippen LogP contribution in [0.3, 0.4) is 0 Å². The second-order valence-corrected chi connectivity index (χ2v) is 8.00. The molecule has 0 aliphatic carbocycles. The molecule has 0 radical (unpaired) electrons. The van der Waals surface area contributed by atoms with E-state index in [0.717, 1.165) is 36.4 Å². The Labute approximate surface area is 222 Å². The largest absolute Gasteiger partial charge is 0.450 e. The topological polar surface area (TPSA) is 243 Å². The molecular weight excluding hydrogens is 532 g/mol. The Kier molecular flexibility index (Phi) is 7.07. The van der Waals surface area contributed by atoms with Crippen LogP contribution >= 0.6 is 0 Å². The predicted octanol–water partition coefficient (Wildman–Crippen LogP) is 5.74. The molecule has 0 saturated carbocycles. The third-order valence-corrected chi connectivity index (χ3v) is 5.56. The highest BCUT2D eigenvalue weighted by Crippen LogP contribution is 2.42. The first kappa shape index (κ1) is 26.7. The molecule has 0 bridgehead atoms. The van der Waals surface area contributed by atoms with E-state index in [1.807, 2.05) is 0 Å². The van der Waals surface area contributed by atoms with Gasteiger partial charge in [-0.1, -0.05) is 12.1 Å². The lowest BCUT2D eigenvalue weighted by atomic mass is 10.0. The highest BCUT2D eigenvalue weighted by molar-refractivity contribution is 5.88. The molecule has 0 aliphatic heterocycles. The van der Waals surface area contributed by atoms with Crippen LogP contribution in [0, 0.1) is 40.5 Å². The van der Waals surface area contributed by atoms with Crippen molar-refractivity contribution >= 4 is 34.1 Å². The summed E-state index contributed by atoms with van der Waals surface area (Å²) in [6.45, 7) is 0. The fourth-order valence-electron chi connectivity index (χ4n) is 3.60. The monoisotopic (exact) mass is 548 g/mol. The maximum atomic E-state index is 11.4. The third-order valence-electron chi connectivity index (χ3n) is 5.56. The molecule has 0 atom stereocenters. The van der Waals surface area contributed by atoms with Gasteiger partial charge in [0.25, 0.3) is 11.4 Å². The summed E-state index contributed by atoms with van der Waals surface area (Å²) in [5.41, 5.74) is 11.2. The maximum absolute atomic E-state index is 11.4. The number of rotatable bonds is 9. The van der Waals surface area contributed by atoms with E-state index in [0.29, 0.717) is 11.1 Å². The van der Waals surface area contributed by atoms with Crippen LogP contribution in [0.4, 0.5) is 34.1 Å². The summed E-state index contributed by atoms with van der Waals surface area (Å²) in [5.74, 6) is -0.313. The lowest BCUT2D eigenvalue weighted by Gasteiger charge is -2.14. The van der Waals surface area contributed by atoms with Crippen LogP contribution in [-0.4, -0.2) is 19.7 Å². The van der Waals surface area contributed by atoms with Crippen molar-refractivity contribution in [1.82, 2.24) is 0 Å². The molecule has 0 spiro atoms. The molecule has 4 aromatic carbocycles. The van der Waals surface area contributed by atoms with Crippen molar-refractivity contribution in [3.05, 3.63) is 113 Å². The van der Waals surface area contributed by atoms with Gasteiger partial charge >= 0.3 is 11.4 Å². The molecule has 40 heavy (non-hydrogen) atoms. The first-order chi connectivity index (χ1) is 19.0. The van der Waals surface area contributed by atoms with Gasteiger partial charge in [-0.2, -0.15) is 0 Å². The molecule has 202 valence electrons. The zero-order valence-electron chi connectivity index (χ0n) is 20.0. The molecule has 0 heterocycles. The number of nitrogens with two attached hydrogens (primary N) is 2. The summed E-state index contributed by atoms with van der Waals surface area (Å²) in [7, 11) is 0. The molecule has 4 N–H and O–H groups in total. The van der Waals surface area contributed by atoms with Gasteiger partial charge in [-0.25, -0.2) is 0 Å². The van der Waals surface area contributed by atoms with E-state index in [2.05, 4.69) is 0 Å². The summed E-state index contributed by atoms with van der Waals surface area (Å²) < 4.78 is 11.1. The Hall–Kier alpha value is -6.32. The summed E-state index contributed by atoms with van der Waals surface area (Å²) in [6, 6.07) is 15.0. The van der Waals surface area contributed by atoms with E-state index in [1.54, 1.807) is 12.1 Å². The highest BCUT2D eigenvalue weighted by Gasteiger charge is 2.23. The van der Waals surface area contributed by atoms with E-state index in [4.69, 9.17) is 20.9 Å². The van der Waals surface area contributed by atoms with Crippen molar-refractivity contribution in [2.24, 2.45) is 0 Å². The SMILES string of the molecule is Nc1c(Oc2ccc([N+](=O)[O-])cc2[N+](=O)[O-])ccc(-c2ccc(Oc3ccc([N+](=O)[O-])cc3[N+](=O)[O-])cc2)c1N. The van der Waals surface area contributed by atoms with Gasteiger partial charge in [-0.3, -0.25) is 40.5 Å². The number of hydrogen-bond acceptors (Lipinski definition) is 12. The zero-order chi connectivity index (χ0) is 29.1. The van der Waals surface area contributed by atoms with E-state index in [-0.39, 0.29) is 34.4 Å². The molecule has 0 saturated heterocycles. The van der Waals surface area contributed by atoms with E-state index >= 15 is 0 Å². The number of anilines is 2. The van der Waals surface area contributed by atoms with Crippen LogP contribution < -0.4 is 20.9 Å². The molecule has 16 heteroatoms. The predicted molar refractivity (Wildman–Crippen MR) is 140 cm³/mol. The number of nitro benzene ring substituents is 4. The molecule has 0 aromatic heterocycles. The Morgan fingerprint density at radius 2 is 1.00 bits per heavy atom. The Morgan fingerprint density at radius 1 is 0.525 bits per heavy atom. The van der Waals surface area contributed by atoms with E-state index in [1.165, 1.54) is 24.3 Å². The Bertz CT molecular complexity index is 1690. The van der Waals surface area contributed by atoms with Crippen LogP contribution in [0.5, 0.6) is 23.0 Å². The molecule has 0 aliphatic rings. The number of non-ortho nitro benzene ring substituents is 2. The quantitative estimate of drug-likeness (QED) is 0.144. The molecule has 4 aromatic rings. The van der Waals surface area contributed by atoms with Crippen LogP contribution in [0.25, 0.3) is 11.1 Å². The van der Waals surface area contributed by atoms with Crippen molar-refractivity contribution in [2.75, 3.05) is 11.5 Å². The van der Waals surface area contributed by atoms with Crippen molar-refractivity contribution < 1.29 is 29.2 Å². The van der Waals surface area contributed by atoms with Crippen molar-refractivity contribution in [3.63, 3.8) is 0 Å². The normalized spacial score (nSPS) is 10.5. The minimum absolute atomic E-state index is 0.0244. The average molecular weight is 548 g/mol. The molecule has 0 unspecified atom stereocenters. The van der Waals surface area contributed by atoms with Gasteiger partial charge in [0.2, 0.25) is 11.5 Å². The first-order valence-corrected chi connectivity index (χ1v) is 11.0. The van der Waals surface area contributed by atoms with E-state index < -0.39 is 42.4 Å². The van der Waals surface area contributed by atoms with Crippen LogP contribution in [0.2, 0.25) is 0 Å². The van der Waals surface area contributed by atoms with Gasteiger partial charge in [0, 0.05) is 17.7 Å². The molecule has 16 nitrogen and oxygen atoms in total. The van der Waals surface area contributed by atoms with Gasteiger partial charge in [0.15, 0.2) is 5.75 Å². The number of nitro groups is 4. The highest BCUT2D eigenvalue weighted by atomic mass is 16.6. The van der Waals surface area contributed by atoms with Gasteiger partial charge in [0.1, 0.15) is 5.75 Å². The number of nitrogen functional groups attached to an aromatic ring is 2. The summed E-state index contributed by atoms with van der Waals surface area (Å²) >= 11 is 0. The number of ether oxygens (including phenoxy) is 2. The number of hydrogen-bond donors (Lipinski definition) is 2. The zero-order valence-corrected chi connectivity index (χ0v) is 20.0. The van der Waals surface area contributed by atoms with Crippen molar-refractivity contribution in [3.8, 4) is 34.1 Å². The Balaban J connectivity index is 1.59. The standard InChI is InChI=1S/C24H16N6O10/c25-23-17(7-10-22(24(23)26)40-21-9-4-15(28(33)34)12-19(21)30(37)38)13-1-5-16(6-2-13)39-20-8-3-14(27(31)32)11-18(20)29(35)36/h1-12H,25-26H2. The van der Waals surface area contributed by atoms with Crippen LogP contribution in [0.15, 0.2) is 72.8 Å². The van der Waals surface area contributed by atoms with Gasteiger partial charge in [-0.05, 0) is 42.0 Å². The van der Waals surface area contributed by atoms with Crippen molar-refractivity contribution in [1.29, 1.82) is 0 Å². The second-order valence-electron chi connectivity index (χ2n) is 8.00. The van der Waals surface area contributed by atoms with Gasteiger partial charge in [0.05, 0.1) is 43.2 Å². The minimum atomic E-state index is -0.828. The Morgan fingerprint density at radius 3 is 1.48 bits per heavy atom. The second kappa shape index (κ2) is 10.6. The fraction of sp³-hybridized carbons (Fsp3) is 0. The number of benzene rings is 4. The third kappa shape index (κ3) is 5.35. The summed E-state index contributed by atoms with van der Waals surface area (Å²) in [5, 5.41) is 44.6.